The fourth-order valence-electron chi connectivity index (χ4n) is 4.05. The number of carbonyl (C=O) groups is 3. The zero-order valence-electron chi connectivity index (χ0n) is 16.0. The number of urea groups is 1. The molecule has 1 aromatic carbocycles. The van der Waals surface area contributed by atoms with Crippen molar-refractivity contribution < 1.29 is 19.1 Å². The molecule has 2 aliphatic rings. The molecule has 1 aromatic heterocycles. The Hall–Kier alpha value is -3.30. The number of benzene rings is 1. The van der Waals surface area contributed by atoms with Crippen LogP contribution in [0.1, 0.15) is 32.6 Å². The highest BCUT2D eigenvalue weighted by atomic mass is 16.5. The molecule has 4 rings (SSSR count). The summed E-state index contributed by atoms with van der Waals surface area (Å²) in [5.41, 5.74) is -0.948. The summed E-state index contributed by atoms with van der Waals surface area (Å²) in [5, 5.41) is 10.8. The van der Waals surface area contributed by atoms with Crippen LogP contribution in [0.15, 0.2) is 29.1 Å². The van der Waals surface area contributed by atoms with Crippen molar-refractivity contribution in [3.8, 4) is 0 Å². The van der Waals surface area contributed by atoms with E-state index in [9.17, 15) is 19.2 Å². The van der Waals surface area contributed by atoms with Gasteiger partial charge in [0.1, 0.15) is 17.6 Å². The van der Waals surface area contributed by atoms with Gasteiger partial charge in [0.25, 0.3) is 11.5 Å². The lowest BCUT2D eigenvalue weighted by Crippen LogP contribution is -2.54. The first-order chi connectivity index (χ1) is 13.9. The number of aromatic nitrogens is 3. The molecule has 2 fully saturated rings. The van der Waals surface area contributed by atoms with Crippen molar-refractivity contribution in [2.75, 3.05) is 6.54 Å². The van der Waals surface area contributed by atoms with E-state index in [4.69, 9.17) is 4.74 Å². The third-order valence-corrected chi connectivity index (χ3v) is 5.77. The number of nitrogens with one attached hydrogen (secondary N) is 1. The fraction of sp³-hybridized carbons (Fsp3) is 0.474. The summed E-state index contributed by atoms with van der Waals surface area (Å²) >= 11 is 0. The number of rotatable bonds is 4. The molecule has 1 saturated carbocycles. The van der Waals surface area contributed by atoms with E-state index in [2.05, 4.69) is 15.6 Å². The molecule has 152 valence electrons. The molecule has 3 amide bonds. The predicted octanol–water partition coefficient (Wildman–Crippen LogP) is 0.793. The minimum atomic E-state index is -0.934. The average molecular weight is 399 g/mol. The minimum Gasteiger partial charge on any atom is -0.441 e. The highest BCUT2D eigenvalue weighted by Gasteiger charge is 2.55. The molecule has 10 nitrogen and oxygen atoms in total. The fourth-order valence-corrected chi connectivity index (χ4v) is 4.05. The first-order valence-corrected chi connectivity index (χ1v) is 9.54. The van der Waals surface area contributed by atoms with Gasteiger partial charge in [0, 0.05) is 0 Å². The van der Waals surface area contributed by atoms with E-state index in [0.29, 0.717) is 17.3 Å². The van der Waals surface area contributed by atoms with Crippen LogP contribution in [0.5, 0.6) is 0 Å². The van der Waals surface area contributed by atoms with E-state index < -0.39 is 42.3 Å². The Kier molecular flexibility index (Phi) is 4.77. The lowest BCUT2D eigenvalue weighted by Gasteiger charge is -2.36. The number of nitrogens with zero attached hydrogens (tertiary/aromatic N) is 4. The Labute approximate surface area is 165 Å². The number of carbonyl (C=O) groups excluding carboxylic acids is 3. The zero-order valence-corrected chi connectivity index (χ0v) is 16.0. The van der Waals surface area contributed by atoms with Gasteiger partial charge in [-0.2, -0.15) is 4.68 Å². The van der Waals surface area contributed by atoms with E-state index in [1.807, 2.05) is 6.92 Å². The van der Waals surface area contributed by atoms with Gasteiger partial charge in [-0.25, -0.2) is 4.79 Å². The van der Waals surface area contributed by atoms with Gasteiger partial charge in [0.15, 0.2) is 6.73 Å². The van der Waals surface area contributed by atoms with Crippen LogP contribution in [0.2, 0.25) is 0 Å². The first kappa shape index (κ1) is 19.0. The summed E-state index contributed by atoms with van der Waals surface area (Å²) < 4.78 is 5.98. The monoisotopic (exact) mass is 399 g/mol. The number of imide groups is 1. The van der Waals surface area contributed by atoms with Crippen LogP contribution in [0.4, 0.5) is 4.79 Å². The molecule has 2 heterocycles. The lowest BCUT2D eigenvalue weighted by atomic mass is 9.73. The molecular weight excluding hydrogens is 378 g/mol. The molecule has 10 heteroatoms. The number of hydrogen-bond acceptors (Lipinski definition) is 7. The van der Waals surface area contributed by atoms with Crippen LogP contribution in [0, 0.1) is 5.92 Å². The molecule has 1 N–H and O–H groups in total. The van der Waals surface area contributed by atoms with Gasteiger partial charge >= 0.3 is 12.0 Å². The second-order valence-electron chi connectivity index (χ2n) is 7.50. The van der Waals surface area contributed by atoms with E-state index in [1.54, 1.807) is 24.3 Å². The molecule has 2 aromatic rings. The van der Waals surface area contributed by atoms with Crippen molar-refractivity contribution in [2.24, 2.45) is 5.92 Å². The SMILES string of the molecule is C[C@@H]1CCCC[C@]12NC(=O)N(CC(=O)OCn1nnc3ccccc3c1=O)C2=O. The molecule has 1 spiro atoms. The molecule has 2 atom stereocenters. The van der Waals surface area contributed by atoms with Crippen LogP contribution in [0.3, 0.4) is 0 Å². The van der Waals surface area contributed by atoms with Crippen LogP contribution in [-0.4, -0.2) is 49.9 Å². The third-order valence-electron chi connectivity index (χ3n) is 5.77. The summed E-state index contributed by atoms with van der Waals surface area (Å²) in [7, 11) is 0. The van der Waals surface area contributed by atoms with Gasteiger partial charge in [-0.1, -0.05) is 37.1 Å². The Morgan fingerprint density at radius 3 is 2.86 bits per heavy atom. The summed E-state index contributed by atoms with van der Waals surface area (Å²) in [4.78, 5) is 50.7. The Morgan fingerprint density at radius 1 is 1.28 bits per heavy atom. The normalized spacial score (nSPS) is 24.2. The van der Waals surface area contributed by atoms with Crippen LogP contribution in [-0.2, 0) is 21.1 Å². The van der Waals surface area contributed by atoms with Gasteiger partial charge in [-0.3, -0.25) is 19.3 Å². The summed E-state index contributed by atoms with van der Waals surface area (Å²) in [5.74, 6) is -1.20. The maximum absolute atomic E-state index is 12.9. The number of ether oxygens (including phenoxy) is 1. The largest absolute Gasteiger partial charge is 0.441 e. The second-order valence-corrected chi connectivity index (χ2v) is 7.50. The van der Waals surface area contributed by atoms with E-state index in [1.165, 1.54) is 0 Å². The van der Waals surface area contributed by atoms with Crippen molar-refractivity contribution in [1.82, 2.24) is 25.2 Å². The van der Waals surface area contributed by atoms with Crippen LogP contribution >= 0.6 is 0 Å². The van der Waals surface area contributed by atoms with Gasteiger partial charge < -0.3 is 10.1 Å². The Bertz CT molecular complexity index is 1050. The summed E-state index contributed by atoms with van der Waals surface area (Å²) in [6, 6.07) is 6.09. The lowest BCUT2D eigenvalue weighted by molar-refractivity contribution is -0.152. The minimum absolute atomic E-state index is 0.000159. The molecule has 0 radical (unpaired) electrons. The van der Waals surface area contributed by atoms with Crippen molar-refractivity contribution >= 4 is 28.8 Å². The molecular formula is C19H21N5O5. The predicted molar refractivity (Wildman–Crippen MR) is 100 cm³/mol. The van der Waals surface area contributed by atoms with Crippen LogP contribution in [0.25, 0.3) is 10.9 Å². The standard InChI is InChI=1S/C19H21N5O5/c1-12-6-4-5-9-19(12)17(27)23(18(28)20-19)10-15(25)29-11-24-16(26)13-7-2-3-8-14(13)21-22-24/h2-3,7-8,12H,4-6,9-11H2,1H3,(H,20,28)/t12-,19+/m1/s1. The molecule has 0 unspecified atom stereocenters. The summed E-state index contributed by atoms with van der Waals surface area (Å²) in [6.45, 7) is 0.958. The smallest absolute Gasteiger partial charge is 0.328 e. The van der Waals surface area contributed by atoms with Crippen LogP contribution < -0.4 is 10.9 Å². The van der Waals surface area contributed by atoms with E-state index in [0.717, 1.165) is 28.8 Å². The molecule has 1 aliphatic carbocycles. The molecule has 29 heavy (non-hydrogen) atoms. The Morgan fingerprint density at radius 2 is 2.07 bits per heavy atom. The topological polar surface area (TPSA) is 123 Å². The van der Waals surface area contributed by atoms with Gasteiger partial charge in [-0.15, -0.1) is 5.10 Å². The quantitative estimate of drug-likeness (QED) is 0.595. The molecule has 1 saturated heterocycles. The van der Waals surface area contributed by atoms with Gasteiger partial charge in [-0.05, 0) is 30.9 Å². The van der Waals surface area contributed by atoms with Crippen molar-refractivity contribution in [3.05, 3.63) is 34.6 Å². The number of esters is 1. The third kappa shape index (κ3) is 3.24. The number of amides is 3. The molecule has 1 aliphatic heterocycles. The Balaban J connectivity index is 1.43. The zero-order chi connectivity index (χ0) is 20.6. The number of fused-ring (bicyclic) bond motifs is 1. The van der Waals surface area contributed by atoms with E-state index >= 15 is 0 Å². The maximum atomic E-state index is 12.9. The van der Waals surface area contributed by atoms with E-state index in [-0.39, 0.29) is 5.92 Å². The highest BCUT2D eigenvalue weighted by molar-refractivity contribution is 6.08. The van der Waals surface area contributed by atoms with Gasteiger partial charge in [0.05, 0.1) is 5.39 Å². The average Bonchev–Trinajstić information content (AvgIpc) is 2.95. The first-order valence-electron chi connectivity index (χ1n) is 9.54. The number of hydrogen-bond donors (Lipinski definition) is 1. The van der Waals surface area contributed by atoms with Gasteiger partial charge in [0.2, 0.25) is 0 Å². The van der Waals surface area contributed by atoms with Crippen molar-refractivity contribution in [3.63, 3.8) is 0 Å². The van der Waals surface area contributed by atoms with Crippen molar-refractivity contribution in [1.29, 1.82) is 0 Å². The van der Waals surface area contributed by atoms with Crippen molar-refractivity contribution in [2.45, 2.75) is 44.9 Å². The maximum Gasteiger partial charge on any atom is 0.328 e. The highest BCUT2D eigenvalue weighted by Crippen LogP contribution is 2.38. The molecule has 0 bridgehead atoms. The second kappa shape index (κ2) is 7.26. The summed E-state index contributed by atoms with van der Waals surface area (Å²) in [6.07, 6.45) is 3.26.